The number of piperazine rings is 1. The summed E-state index contributed by atoms with van der Waals surface area (Å²) in [7, 11) is 3.99. The van der Waals surface area contributed by atoms with Gasteiger partial charge in [0.25, 0.3) is 0 Å². The molecule has 1 aromatic carbocycles. The van der Waals surface area contributed by atoms with Crippen LogP contribution in [0.25, 0.3) is 0 Å². The molecule has 0 radical (unpaired) electrons. The smallest absolute Gasteiger partial charge is 0.321 e. The highest BCUT2D eigenvalue weighted by Gasteiger charge is 2.42. The largest absolute Gasteiger partial charge is 0.346 e. The van der Waals surface area contributed by atoms with Gasteiger partial charge in [0.1, 0.15) is 0 Å². The van der Waals surface area contributed by atoms with E-state index in [0.29, 0.717) is 19.5 Å². The van der Waals surface area contributed by atoms with Crippen molar-refractivity contribution in [2.75, 3.05) is 51.8 Å². The second kappa shape index (κ2) is 7.88. The normalized spacial score (nSPS) is 24.7. The van der Waals surface area contributed by atoms with E-state index in [2.05, 4.69) is 17.3 Å². The maximum absolute atomic E-state index is 12.8. The third-order valence-electron chi connectivity index (χ3n) is 5.75. The molecule has 2 saturated heterocycles. The number of hydrogen-bond acceptors (Lipinski definition) is 4. The summed E-state index contributed by atoms with van der Waals surface area (Å²) in [4.78, 5) is 32.1. The van der Waals surface area contributed by atoms with Gasteiger partial charge in [0.05, 0.1) is 0 Å². The van der Waals surface area contributed by atoms with E-state index >= 15 is 0 Å². The van der Waals surface area contributed by atoms with Crippen molar-refractivity contribution < 1.29 is 9.59 Å². The Morgan fingerprint density at radius 3 is 2.77 bits per heavy atom. The molecule has 0 aliphatic carbocycles. The van der Waals surface area contributed by atoms with Crippen LogP contribution in [0.4, 0.5) is 10.5 Å². The molecule has 1 aromatic rings. The molecule has 3 amide bonds. The first-order chi connectivity index (χ1) is 12.4. The highest BCUT2D eigenvalue weighted by Crippen LogP contribution is 2.32. The van der Waals surface area contributed by atoms with Crippen LogP contribution >= 0.6 is 11.8 Å². The first-order valence-corrected chi connectivity index (χ1v) is 10.3. The van der Waals surface area contributed by atoms with E-state index in [9.17, 15) is 9.59 Å². The van der Waals surface area contributed by atoms with Gasteiger partial charge in [-0.05, 0) is 44.3 Å². The molecule has 2 heterocycles. The summed E-state index contributed by atoms with van der Waals surface area (Å²) >= 11 is 1.66. The topological polar surface area (TPSA) is 55.9 Å². The Morgan fingerprint density at radius 2 is 2.00 bits per heavy atom. The second-order valence-electron chi connectivity index (χ2n) is 7.29. The maximum Gasteiger partial charge on any atom is 0.321 e. The summed E-state index contributed by atoms with van der Waals surface area (Å²) in [5.74, 6) is 0.200. The number of carbonyl (C=O) groups excluding carboxylic acids is 2. The molecule has 1 N–H and O–H groups in total. The quantitative estimate of drug-likeness (QED) is 0.806. The number of benzene rings is 1. The number of carbonyl (C=O) groups is 2. The summed E-state index contributed by atoms with van der Waals surface area (Å²) < 4.78 is 0. The van der Waals surface area contributed by atoms with Crippen LogP contribution in [0.2, 0.25) is 0 Å². The Bertz CT molecular complexity index is 683. The molecule has 0 unspecified atom stereocenters. The molecule has 0 saturated carbocycles. The molecular weight excluding hydrogens is 348 g/mol. The third-order valence-corrected chi connectivity index (χ3v) is 6.48. The van der Waals surface area contributed by atoms with Crippen molar-refractivity contribution in [2.24, 2.45) is 0 Å². The molecule has 2 fully saturated rings. The fourth-order valence-corrected chi connectivity index (χ4v) is 4.29. The molecular formula is C19H28N4O2S. The van der Waals surface area contributed by atoms with E-state index in [-0.39, 0.29) is 17.5 Å². The van der Waals surface area contributed by atoms with Crippen molar-refractivity contribution >= 4 is 29.4 Å². The molecule has 0 bridgehead atoms. The zero-order valence-electron chi connectivity index (χ0n) is 15.8. The fraction of sp³-hybridized carbons (Fsp3) is 0.579. The second-order valence-corrected chi connectivity index (χ2v) is 8.17. The van der Waals surface area contributed by atoms with Crippen molar-refractivity contribution in [1.82, 2.24) is 14.7 Å². The van der Waals surface area contributed by atoms with Crippen LogP contribution in [0.3, 0.4) is 0 Å². The highest BCUT2D eigenvalue weighted by molar-refractivity contribution is 7.98. The zero-order valence-corrected chi connectivity index (χ0v) is 16.6. The number of hydrogen-bond donors (Lipinski definition) is 1. The van der Waals surface area contributed by atoms with E-state index < -0.39 is 0 Å². The van der Waals surface area contributed by atoms with Crippen molar-refractivity contribution in [3.8, 4) is 0 Å². The average Bonchev–Trinajstić information content (AvgIpc) is 2.79. The summed E-state index contributed by atoms with van der Waals surface area (Å²) in [5.41, 5.74) is 0.711. The number of likely N-dealkylation sites (N-methyl/N-ethyl adjacent to an activating group) is 1. The lowest BCUT2D eigenvalue weighted by Crippen LogP contribution is -2.62. The number of nitrogens with zero attached hydrogens (tertiary/aromatic N) is 3. The molecule has 2 aliphatic heterocycles. The lowest BCUT2D eigenvalue weighted by molar-refractivity contribution is -0.129. The number of urea groups is 1. The van der Waals surface area contributed by atoms with Gasteiger partial charge in [0.2, 0.25) is 5.91 Å². The average molecular weight is 377 g/mol. The monoisotopic (exact) mass is 376 g/mol. The molecule has 6 nitrogen and oxygen atoms in total. The molecule has 2 aliphatic rings. The predicted molar refractivity (Wildman–Crippen MR) is 106 cm³/mol. The van der Waals surface area contributed by atoms with E-state index in [1.54, 1.807) is 11.8 Å². The lowest BCUT2D eigenvalue weighted by atomic mass is 9.86. The van der Waals surface area contributed by atoms with Crippen molar-refractivity contribution in [3.05, 3.63) is 24.3 Å². The van der Waals surface area contributed by atoms with Crippen LogP contribution < -0.4 is 5.32 Å². The van der Waals surface area contributed by atoms with Gasteiger partial charge in [0, 0.05) is 55.8 Å². The summed E-state index contributed by atoms with van der Waals surface area (Å²) in [6.45, 7) is 2.94. The van der Waals surface area contributed by atoms with Gasteiger partial charge in [-0.25, -0.2) is 4.79 Å². The Balaban J connectivity index is 1.70. The minimum atomic E-state index is -0.114. The van der Waals surface area contributed by atoms with Gasteiger partial charge in [-0.2, -0.15) is 0 Å². The van der Waals surface area contributed by atoms with Crippen molar-refractivity contribution in [1.29, 1.82) is 0 Å². The van der Waals surface area contributed by atoms with Gasteiger partial charge in [0.15, 0.2) is 0 Å². The number of anilines is 1. The van der Waals surface area contributed by atoms with E-state index in [1.165, 1.54) is 0 Å². The van der Waals surface area contributed by atoms with Crippen molar-refractivity contribution in [3.63, 3.8) is 0 Å². The predicted octanol–water partition coefficient (Wildman–Crippen LogP) is 2.57. The van der Waals surface area contributed by atoms with E-state index in [0.717, 1.165) is 36.5 Å². The van der Waals surface area contributed by atoms with Crippen LogP contribution in [0.1, 0.15) is 19.3 Å². The number of likely N-dealkylation sites (tertiary alicyclic amines) is 1. The van der Waals surface area contributed by atoms with Crippen LogP contribution in [0, 0.1) is 0 Å². The summed E-state index contributed by atoms with van der Waals surface area (Å²) in [6, 6.07) is 7.85. The summed E-state index contributed by atoms with van der Waals surface area (Å²) in [6.07, 6.45) is 4.28. The molecule has 1 spiro atoms. The molecule has 3 rings (SSSR count). The van der Waals surface area contributed by atoms with Crippen LogP contribution in [-0.4, -0.2) is 78.7 Å². The number of rotatable bonds is 2. The SMILES string of the molecule is CSc1cccc(NC(=O)N2CCN(C)[C@]3(CCC(=O)N(C)CC3)C2)c1. The molecule has 26 heavy (non-hydrogen) atoms. The number of nitrogens with one attached hydrogen (secondary N) is 1. The minimum Gasteiger partial charge on any atom is -0.346 e. The summed E-state index contributed by atoms with van der Waals surface area (Å²) in [5, 5.41) is 3.03. The fourth-order valence-electron chi connectivity index (χ4n) is 3.84. The Hall–Kier alpha value is -1.73. The Kier molecular flexibility index (Phi) is 5.77. The molecule has 7 heteroatoms. The third kappa shape index (κ3) is 3.99. The first kappa shape index (κ1) is 19.0. The van der Waals surface area contributed by atoms with E-state index in [4.69, 9.17) is 0 Å². The Labute approximate surface area is 159 Å². The van der Waals surface area contributed by atoms with Gasteiger partial charge in [-0.3, -0.25) is 9.69 Å². The van der Waals surface area contributed by atoms with Crippen LogP contribution in [-0.2, 0) is 4.79 Å². The van der Waals surface area contributed by atoms with Gasteiger partial charge >= 0.3 is 6.03 Å². The molecule has 1 atom stereocenters. The van der Waals surface area contributed by atoms with Gasteiger partial charge < -0.3 is 15.1 Å². The van der Waals surface area contributed by atoms with Gasteiger partial charge in [-0.15, -0.1) is 11.8 Å². The Morgan fingerprint density at radius 1 is 1.19 bits per heavy atom. The van der Waals surface area contributed by atoms with Crippen LogP contribution in [0.15, 0.2) is 29.2 Å². The number of amides is 3. The maximum atomic E-state index is 12.8. The molecule has 142 valence electrons. The van der Waals surface area contributed by atoms with Gasteiger partial charge in [-0.1, -0.05) is 6.07 Å². The zero-order chi connectivity index (χ0) is 18.7. The van der Waals surface area contributed by atoms with E-state index in [1.807, 2.05) is 47.4 Å². The first-order valence-electron chi connectivity index (χ1n) is 9.09. The lowest BCUT2D eigenvalue weighted by Gasteiger charge is -2.49. The standard InChI is InChI=1S/C19H28N4O2S/c1-21-10-9-19(8-7-17(21)24)14-23(12-11-22(19)2)18(25)20-15-5-4-6-16(13-15)26-3/h4-6,13H,7-12,14H2,1-3H3,(H,20,25)/t19-/m0/s1. The number of thioether (sulfide) groups is 1. The highest BCUT2D eigenvalue weighted by atomic mass is 32.2. The molecule has 0 aromatic heterocycles. The minimum absolute atomic E-state index is 0.0559. The van der Waals surface area contributed by atoms with Crippen molar-refractivity contribution in [2.45, 2.75) is 29.7 Å². The van der Waals surface area contributed by atoms with Crippen LogP contribution in [0.5, 0.6) is 0 Å².